The number of furan rings is 1. The molecule has 1 amide bonds. The summed E-state index contributed by atoms with van der Waals surface area (Å²) in [6.45, 7) is 1.53. The number of rotatable bonds is 6. The number of ether oxygens (including phenoxy) is 1. The molecule has 1 heterocycles. The fraction of sp³-hybridized carbons (Fsp3) is 0.0952. The van der Waals surface area contributed by atoms with Crippen molar-refractivity contribution in [3.63, 3.8) is 0 Å². The van der Waals surface area contributed by atoms with Crippen LogP contribution in [0.25, 0.3) is 0 Å². The largest absolute Gasteiger partial charge is 0.459 e. The highest BCUT2D eigenvalue weighted by Gasteiger charge is 2.20. The van der Waals surface area contributed by atoms with Crippen molar-refractivity contribution in [2.24, 2.45) is 0 Å². The maximum absolute atomic E-state index is 12.3. The van der Waals surface area contributed by atoms with E-state index in [1.165, 1.54) is 25.3 Å². The average Bonchev–Trinajstić information content (AvgIpc) is 3.23. The summed E-state index contributed by atoms with van der Waals surface area (Å²) in [5, 5.41) is 2.65. The second kappa shape index (κ2) is 8.14. The Morgan fingerprint density at radius 1 is 0.889 bits per heavy atom. The number of Topliss-reactive ketones (excluding diaryl/α,β-unsaturated/α-hetero) is 1. The Bertz CT molecular complexity index is 930. The van der Waals surface area contributed by atoms with E-state index in [0.29, 0.717) is 11.3 Å². The molecule has 0 fully saturated rings. The lowest BCUT2D eigenvalue weighted by Gasteiger charge is -2.12. The molecule has 0 aliphatic carbocycles. The van der Waals surface area contributed by atoms with Crippen molar-refractivity contribution in [2.45, 2.75) is 13.0 Å². The first-order chi connectivity index (χ1) is 13.0. The summed E-state index contributed by atoms with van der Waals surface area (Å²) in [6.07, 6.45) is 0.504. The van der Waals surface area contributed by atoms with Gasteiger partial charge in [-0.1, -0.05) is 30.3 Å². The van der Waals surface area contributed by atoms with Gasteiger partial charge in [0.15, 0.2) is 11.9 Å². The van der Waals surface area contributed by atoms with Crippen molar-refractivity contribution in [3.05, 3.63) is 89.9 Å². The predicted molar refractivity (Wildman–Crippen MR) is 98.8 cm³/mol. The number of carbonyl (C=O) groups excluding carboxylic acids is 3. The number of hydrogen-bond donors (Lipinski definition) is 1. The van der Waals surface area contributed by atoms with Gasteiger partial charge < -0.3 is 14.5 Å². The van der Waals surface area contributed by atoms with Gasteiger partial charge in [0.1, 0.15) is 0 Å². The molecule has 27 heavy (non-hydrogen) atoms. The van der Waals surface area contributed by atoms with Crippen molar-refractivity contribution < 1.29 is 23.5 Å². The Balaban J connectivity index is 1.60. The van der Waals surface area contributed by atoms with Gasteiger partial charge in [-0.15, -0.1) is 0 Å². The van der Waals surface area contributed by atoms with E-state index >= 15 is 0 Å². The van der Waals surface area contributed by atoms with Crippen LogP contribution in [0.1, 0.15) is 38.2 Å². The summed E-state index contributed by atoms with van der Waals surface area (Å²) in [5.41, 5.74) is 1.26. The topological polar surface area (TPSA) is 85.6 Å². The second-order valence-electron chi connectivity index (χ2n) is 5.79. The summed E-state index contributed by atoms with van der Waals surface area (Å²) in [7, 11) is 0. The number of hydrogen-bond acceptors (Lipinski definition) is 5. The maximum atomic E-state index is 12.3. The molecule has 1 atom stereocenters. The monoisotopic (exact) mass is 363 g/mol. The molecule has 0 spiro atoms. The van der Waals surface area contributed by atoms with E-state index in [0.717, 1.165) is 0 Å². The van der Waals surface area contributed by atoms with E-state index < -0.39 is 18.0 Å². The Labute approximate surface area is 155 Å². The van der Waals surface area contributed by atoms with Gasteiger partial charge in [-0.3, -0.25) is 9.59 Å². The highest BCUT2D eigenvalue weighted by atomic mass is 16.5. The minimum Gasteiger partial charge on any atom is -0.459 e. The lowest BCUT2D eigenvalue weighted by atomic mass is 10.1. The van der Waals surface area contributed by atoms with Crippen molar-refractivity contribution in [1.82, 2.24) is 0 Å². The smallest absolute Gasteiger partial charge is 0.338 e. The molecule has 136 valence electrons. The lowest BCUT2D eigenvalue weighted by molar-refractivity contribution is 0.0319. The lowest BCUT2D eigenvalue weighted by Crippen LogP contribution is -2.24. The molecule has 0 aliphatic rings. The number of amides is 1. The number of esters is 1. The second-order valence-corrected chi connectivity index (χ2v) is 5.79. The zero-order valence-electron chi connectivity index (χ0n) is 14.5. The van der Waals surface area contributed by atoms with Gasteiger partial charge in [-0.05, 0) is 43.3 Å². The fourth-order valence-corrected chi connectivity index (χ4v) is 2.41. The van der Waals surface area contributed by atoms with Gasteiger partial charge in [0.05, 0.1) is 11.8 Å². The van der Waals surface area contributed by atoms with Crippen LogP contribution in [0.3, 0.4) is 0 Å². The van der Waals surface area contributed by atoms with Crippen LogP contribution in [0.2, 0.25) is 0 Å². The van der Waals surface area contributed by atoms with Crippen LogP contribution in [0.5, 0.6) is 0 Å². The predicted octanol–water partition coefficient (Wildman–Crippen LogP) is 3.96. The first kappa shape index (κ1) is 18.1. The Hall–Kier alpha value is -3.67. The van der Waals surface area contributed by atoms with Crippen molar-refractivity contribution in [2.75, 3.05) is 5.32 Å². The van der Waals surface area contributed by atoms with E-state index in [9.17, 15) is 14.4 Å². The first-order valence-electron chi connectivity index (χ1n) is 8.30. The van der Waals surface area contributed by atoms with E-state index in [2.05, 4.69) is 5.32 Å². The summed E-state index contributed by atoms with van der Waals surface area (Å²) in [5.74, 6) is -1.09. The molecular formula is C21H17NO5. The van der Waals surface area contributed by atoms with Gasteiger partial charge in [0, 0.05) is 11.3 Å². The van der Waals surface area contributed by atoms with E-state index in [1.54, 1.807) is 54.6 Å². The molecule has 1 aromatic heterocycles. The van der Waals surface area contributed by atoms with Gasteiger partial charge >= 0.3 is 5.97 Å². The molecule has 0 saturated carbocycles. The van der Waals surface area contributed by atoms with Gasteiger partial charge in [0.25, 0.3) is 5.91 Å². The van der Waals surface area contributed by atoms with E-state index in [1.807, 2.05) is 0 Å². The summed E-state index contributed by atoms with van der Waals surface area (Å²) >= 11 is 0. The highest BCUT2D eigenvalue weighted by Crippen LogP contribution is 2.14. The molecule has 6 heteroatoms. The highest BCUT2D eigenvalue weighted by molar-refractivity contribution is 6.03. The molecule has 3 aromatic rings. The normalized spacial score (nSPS) is 11.4. The van der Waals surface area contributed by atoms with Crippen LogP contribution in [0, 0.1) is 0 Å². The van der Waals surface area contributed by atoms with Gasteiger partial charge in [-0.25, -0.2) is 4.79 Å². The van der Waals surface area contributed by atoms with Crippen molar-refractivity contribution in [3.8, 4) is 0 Å². The summed E-state index contributed by atoms with van der Waals surface area (Å²) in [6, 6.07) is 18.0. The fourth-order valence-electron chi connectivity index (χ4n) is 2.41. The number of ketones is 1. The Morgan fingerprint density at radius 3 is 2.22 bits per heavy atom. The Kier molecular flexibility index (Phi) is 5.47. The standard InChI is InChI=1S/C21H17NO5/c1-14(19(23)15-6-3-2-4-7-15)27-21(25)16-9-11-17(12-10-16)22-20(24)18-8-5-13-26-18/h2-14H,1H3,(H,22,24)/t14-/m0/s1. The Morgan fingerprint density at radius 2 is 1.59 bits per heavy atom. The number of benzene rings is 2. The van der Waals surface area contributed by atoms with Crippen LogP contribution in [-0.4, -0.2) is 23.8 Å². The van der Waals surface area contributed by atoms with Gasteiger partial charge in [0.2, 0.25) is 5.78 Å². The third kappa shape index (κ3) is 4.49. The van der Waals surface area contributed by atoms with Gasteiger partial charge in [-0.2, -0.15) is 0 Å². The van der Waals surface area contributed by atoms with E-state index in [4.69, 9.17) is 9.15 Å². The van der Waals surface area contributed by atoms with Crippen LogP contribution in [0.4, 0.5) is 5.69 Å². The minimum atomic E-state index is -0.904. The molecule has 1 N–H and O–H groups in total. The van der Waals surface area contributed by atoms with Crippen molar-refractivity contribution in [1.29, 1.82) is 0 Å². The van der Waals surface area contributed by atoms with Crippen molar-refractivity contribution >= 4 is 23.3 Å². The molecule has 0 unspecified atom stereocenters. The molecule has 2 aromatic carbocycles. The van der Waals surface area contributed by atoms with Crippen LogP contribution in [0.15, 0.2) is 77.4 Å². The SMILES string of the molecule is C[C@H](OC(=O)c1ccc(NC(=O)c2ccco2)cc1)C(=O)c1ccccc1. The number of anilines is 1. The molecule has 0 bridgehead atoms. The summed E-state index contributed by atoms with van der Waals surface area (Å²) in [4.78, 5) is 36.4. The molecule has 0 aliphatic heterocycles. The average molecular weight is 363 g/mol. The zero-order valence-corrected chi connectivity index (χ0v) is 14.5. The van der Waals surface area contributed by atoms with Crippen LogP contribution in [-0.2, 0) is 4.74 Å². The molecule has 0 radical (unpaired) electrons. The minimum absolute atomic E-state index is 0.187. The number of nitrogens with one attached hydrogen (secondary N) is 1. The molecule has 6 nitrogen and oxygen atoms in total. The molecular weight excluding hydrogens is 346 g/mol. The van der Waals surface area contributed by atoms with Crippen LogP contribution < -0.4 is 5.32 Å². The quantitative estimate of drug-likeness (QED) is 0.529. The maximum Gasteiger partial charge on any atom is 0.338 e. The summed E-state index contributed by atoms with van der Waals surface area (Å²) < 4.78 is 10.3. The molecule has 3 rings (SSSR count). The number of carbonyl (C=O) groups is 3. The van der Waals surface area contributed by atoms with Crippen LogP contribution >= 0.6 is 0 Å². The molecule has 0 saturated heterocycles. The third-order valence-corrected chi connectivity index (χ3v) is 3.83. The zero-order chi connectivity index (χ0) is 19.2. The third-order valence-electron chi connectivity index (χ3n) is 3.83. The van der Waals surface area contributed by atoms with E-state index in [-0.39, 0.29) is 17.1 Å². The first-order valence-corrected chi connectivity index (χ1v) is 8.30.